The quantitative estimate of drug-likeness (QED) is 0.105. The summed E-state index contributed by atoms with van der Waals surface area (Å²) in [7, 11) is 2.21. The molecule has 4 rings (SSSR count). The van der Waals surface area contributed by atoms with Gasteiger partial charge in [-0.15, -0.1) is 0 Å². The summed E-state index contributed by atoms with van der Waals surface area (Å²) in [6, 6.07) is 7.21. The first-order chi connectivity index (χ1) is 18.9. The molecule has 3 fully saturated rings. The van der Waals surface area contributed by atoms with Crippen LogP contribution in [-0.2, 0) is 17.8 Å². The van der Waals surface area contributed by atoms with Crippen molar-refractivity contribution in [3.8, 4) is 0 Å². The molecule has 1 saturated carbocycles. The normalized spacial score (nSPS) is 24.9. The lowest BCUT2D eigenvalue weighted by molar-refractivity contribution is -0.0217. The van der Waals surface area contributed by atoms with Crippen molar-refractivity contribution in [2.75, 3.05) is 52.2 Å². The zero-order valence-corrected chi connectivity index (χ0v) is 24.7. The minimum Gasteiger partial charge on any atom is -0.512 e. The average Bonchev–Trinajstić information content (AvgIpc) is 3.16. The maximum atomic E-state index is 10.3. The zero-order chi connectivity index (χ0) is 27.5. The summed E-state index contributed by atoms with van der Waals surface area (Å²) in [5.74, 6) is 1.27. The molecule has 1 aromatic rings. The molecule has 4 N–H and O–H groups in total. The molecule has 2 heterocycles. The van der Waals surface area contributed by atoms with Crippen LogP contribution in [0, 0.1) is 11.3 Å². The van der Waals surface area contributed by atoms with Crippen LogP contribution in [0.15, 0.2) is 42.2 Å². The second-order valence-electron chi connectivity index (χ2n) is 12.6. The fourth-order valence-corrected chi connectivity index (χ4v) is 6.72. The van der Waals surface area contributed by atoms with Crippen LogP contribution in [-0.4, -0.2) is 67.4 Å². The number of hydrogen-bond donors (Lipinski definition) is 3. The van der Waals surface area contributed by atoms with Crippen LogP contribution in [0.5, 0.6) is 0 Å². The second kappa shape index (κ2) is 15.2. The summed E-state index contributed by atoms with van der Waals surface area (Å²) in [5.41, 5.74) is 10.3. The number of hydrogen-bond acceptors (Lipinski definition) is 6. The highest BCUT2D eigenvalue weighted by Crippen LogP contribution is 2.40. The predicted molar refractivity (Wildman–Crippen MR) is 163 cm³/mol. The van der Waals surface area contributed by atoms with Gasteiger partial charge in [-0.1, -0.05) is 50.5 Å². The van der Waals surface area contributed by atoms with E-state index in [1.807, 2.05) is 12.2 Å². The van der Waals surface area contributed by atoms with Crippen LogP contribution in [0.4, 0.5) is 5.69 Å². The van der Waals surface area contributed by atoms with Gasteiger partial charge < -0.3 is 25.8 Å². The number of nitrogen functional groups attached to an aromatic ring is 1. The Morgan fingerprint density at radius 1 is 1.18 bits per heavy atom. The van der Waals surface area contributed by atoms with Gasteiger partial charge in [0.05, 0.1) is 5.76 Å². The largest absolute Gasteiger partial charge is 0.512 e. The number of aliphatic hydroxyl groups excluding tert-OH is 1. The van der Waals surface area contributed by atoms with Gasteiger partial charge in [0, 0.05) is 57.5 Å². The van der Waals surface area contributed by atoms with Crippen LogP contribution in [0.1, 0.15) is 82.3 Å². The SMILES string of the molecule is CC1CCCCC(N(C)CC/C(O)=C\C=C/CNCc2ccc(CN3CCC4(CCOCC4)CC3)cc2N)C1. The van der Waals surface area contributed by atoms with E-state index in [2.05, 4.69) is 53.4 Å². The van der Waals surface area contributed by atoms with Gasteiger partial charge in [-0.25, -0.2) is 0 Å². The minimum atomic E-state index is 0.455. The van der Waals surface area contributed by atoms with Crippen molar-refractivity contribution < 1.29 is 9.84 Å². The Hall–Kier alpha value is -1.86. The first-order valence-electron chi connectivity index (χ1n) is 15.6. The number of anilines is 1. The molecule has 2 unspecified atom stereocenters. The van der Waals surface area contributed by atoms with E-state index in [-0.39, 0.29) is 0 Å². The van der Waals surface area contributed by atoms with E-state index in [0.29, 0.717) is 23.6 Å². The molecule has 2 atom stereocenters. The molecule has 1 aliphatic carbocycles. The van der Waals surface area contributed by atoms with Crippen molar-refractivity contribution in [1.29, 1.82) is 0 Å². The number of aliphatic hydroxyl groups is 1. The Morgan fingerprint density at radius 3 is 2.72 bits per heavy atom. The van der Waals surface area contributed by atoms with Crippen molar-refractivity contribution in [1.82, 2.24) is 15.1 Å². The molecule has 218 valence electrons. The standard InChI is InChI=1S/C33H54N4O2/c1-27-7-3-4-8-30(23-27)36(2)18-12-31(38)9-5-6-17-35-25-29-11-10-28(24-32(29)34)26-37-19-13-33(14-20-37)15-21-39-22-16-33/h5-6,9-11,24,27,30,35,38H,3-4,7-8,12-23,25-26,34H2,1-2H3/b6-5-,31-9+. The van der Waals surface area contributed by atoms with Gasteiger partial charge in [0.15, 0.2) is 0 Å². The van der Waals surface area contributed by atoms with Crippen LogP contribution >= 0.6 is 0 Å². The van der Waals surface area contributed by atoms with Crippen molar-refractivity contribution in [3.63, 3.8) is 0 Å². The predicted octanol–water partition coefficient (Wildman–Crippen LogP) is 6.04. The number of benzene rings is 1. The Bertz CT molecular complexity index is 930. The Morgan fingerprint density at radius 2 is 1.95 bits per heavy atom. The van der Waals surface area contributed by atoms with Crippen LogP contribution in [0.3, 0.4) is 0 Å². The lowest BCUT2D eigenvalue weighted by Gasteiger charge is -2.44. The molecule has 6 nitrogen and oxygen atoms in total. The first kappa shape index (κ1) is 30.1. The Kier molecular flexibility index (Phi) is 11.8. The van der Waals surface area contributed by atoms with Gasteiger partial charge in [0.25, 0.3) is 0 Å². The highest BCUT2D eigenvalue weighted by molar-refractivity contribution is 5.49. The highest BCUT2D eigenvalue weighted by Gasteiger charge is 2.35. The fourth-order valence-electron chi connectivity index (χ4n) is 6.72. The molecule has 0 amide bonds. The lowest BCUT2D eigenvalue weighted by Crippen LogP contribution is -2.42. The van der Waals surface area contributed by atoms with Gasteiger partial charge in [0.2, 0.25) is 0 Å². The minimum absolute atomic E-state index is 0.455. The molecule has 3 aliphatic rings. The maximum Gasteiger partial charge on any atom is 0.0935 e. The topological polar surface area (TPSA) is 74.0 Å². The molecule has 2 aliphatic heterocycles. The zero-order valence-electron chi connectivity index (χ0n) is 24.7. The summed E-state index contributed by atoms with van der Waals surface area (Å²) in [6.07, 6.45) is 18.2. The summed E-state index contributed by atoms with van der Waals surface area (Å²) in [5, 5.41) is 13.8. The summed E-state index contributed by atoms with van der Waals surface area (Å²) < 4.78 is 5.59. The molecule has 39 heavy (non-hydrogen) atoms. The number of allylic oxidation sites excluding steroid dienone is 2. The second-order valence-corrected chi connectivity index (χ2v) is 12.6. The summed E-state index contributed by atoms with van der Waals surface area (Å²) in [4.78, 5) is 5.03. The maximum absolute atomic E-state index is 10.3. The smallest absolute Gasteiger partial charge is 0.0935 e. The van der Waals surface area contributed by atoms with E-state index in [9.17, 15) is 5.11 Å². The van der Waals surface area contributed by atoms with Gasteiger partial charge in [-0.3, -0.25) is 4.90 Å². The van der Waals surface area contributed by atoms with Gasteiger partial charge in [0.1, 0.15) is 0 Å². The molecule has 0 radical (unpaired) electrons. The Balaban J connectivity index is 1.12. The molecule has 1 spiro atoms. The van der Waals surface area contributed by atoms with Crippen molar-refractivity contribution in [2.45, 2.75) is 90.3 Å². The number of nitrogens with two attached hydrogens (primary N) is 1. The number of ether oxygens (including phenoxy) is 1. The van der Waals surface area contributed by atoms with E-state index in [0.717, 1.165) is 56.6 Å². The monoisotopic (exact) mass is 538 g/mol. The number of likely N-dealkylation sites (tertiary alicyclic amines) is 1. The molecular weight excluding hydrogens is 484 g/mol. The van der Waals surface area contributed by atoms with E-state index in [4.69, 9.17) is 10.5 Å². The van der Waals surface area contributed by atoms with E-state index in [1.54, 1.807) is 0 Å². The van der Waals surface area contributed by atoms with Crippen molar-refractivity contribution in [3.05, 3.63) is 53.3 Å². The van der Waals surface area contributed by atoms with Crippen LogP contribution in [0.25, 0.3) is 0 Å². The van der Waals surface area contributed by atoms with E-state index >= 15 is 0 Å². The third-order valence-electron chi connectivity index (χ3n) is 9.59. The third-order valence-corrected chi connectivity index (χ3v) is 9.59. The molecular formula is C33H54N4O2. The number of rotatable bonds is 11. The molecule has 0 aromatic heterocycles. The molecule has 2 saturated heterocycles. The fraction of sp³-hybridized carbons (Fsp3) is 0.697. The van der Waals surface area contributed by atoms with Crippen molar-refractivity contribution in [2.24, 2.45) is 11.3 Å². The van der Waals surface area contributed by atoms with Gasteiger partial charge in [-0.05, 0) is 93.3 Å². The first-order valence-corrected chi connectivity index (χ1v) is 15.6. The lowest BCUT2D eigenvalue weighted by atomic mass is 9.72. The number of piperidine rings is 1. The number of nitrogens with zero attached hydrogens (tertiary/aromatic N) is 2. The summed E-state index contributed by atoms with van der Waals surface area (Å²) in [6.45, 7) is 10.00. The van der Waals surface area contributed by atoms with Gasteiger partial charge in [-0.2, -0.15) is 0 Å². The average molecular weight is 539 g/mol. The molecule has 1 aromatic carbocycles. The van der Waals surface area contributed by atoms with Crippen LogP contribution in [0.2, 0.25) is 0 Å². The third kappa shape index (κ3) is 9.63. The van der Waals surface area contributed by atoms with Crippen molar-refractivity contribution >= 4 is 5.69 Å². The Labute approximate surface area is 237 Å². The van der Waals surface area contributed by atoms with E-state index < -0.39 is 0 Å². The summed E-state index contributed by atoms with van der Waals surface area (Å²) >= 11 is 0. The molecule has 0 bridgehead atoms. The highest BCUT2D eigenvalue weighted by atomic mass is 16.5. The molecule has 6 heteroatoms. The van der Waals surface area contributed by atoms with Crippen LogP contribution < -0.4 is 11.1 Å². The van der Waals surface area contributed by atoms with E-state index in [1.165, 1.54) is 76.4 Å². The van der Waals surface area contributed by atoms with Gasteiger partial charge >= 0.3 is 0 Å². The number of nitrogens with one attached hydrogen (secondary N) is 1.